The van der Waals surface area contributed by atoms with E-state index >= 15 is 0 Å². The van der Waals surface area contributed by atoms with Crippen LogP contribution in [0, 0.1) is 11.7 Å². The third kappa shape index (κ3) is 3.89. The van der Waals surface area contributed by atoms with Gasteiger partial charge in [0.15, 0.2) is 5.76 Å². The predicted molar refractivity (Wildman–Crippen MR) is 99.0 cm³/mol. The van der Waals surface area contributed by atoms with E-state index in [1.54, 1.807) is 48.5 Å². The number of carbonyl (C=O) groups is 2. The summed E-state index contributed by atoms with van der Waals surface area (Å²) in [5.41, 5.74) is 2.23. The highest BCUT2D eigenvalue weighted by Crippen LogP contribution is 2.48. The molecule has 27 heavy (non-hydrogen) atoms. The van der Waals surface area contributed by atoms with Gasteiger partial charge in [-0.1, -0.05) is 12.1 Å². The molecule has 1 heterocycles. The Balaban J connectivity index is 1.33. The van der Waals surface area contributed by atoms with E-state index in [-0.39, 0.29) is 35.2 Å². The number of halogens is 1. The second kappa shape index (κ2) is 7.07. The molecule has 0 spiro atoms. The van der Waals surface area contributed by atoms with E-state index in [1.807, 2.05) is 0 Å². The molecule has 1 fully saturated rings. The van der Waals surface area contributed by atoms with Crippen molar-refractivity contribution in [3.63, 3.8) is 0 Å². The molecule has 4 rings (SSSR count). The van der Waals surface area contributed by atoms with Crippen molar-refractivity contribution in [1.82, 2.24) is 0 Å². The number of benzene rings is 2. The summed E-state index contributed by atoms with van der Waals surface area (Å²) in [7, 11) is 0. The molecule has 2 atom stereocenters. The van der Waals surface area contributed by atoms with E-state index in [1.165, 1.54) is 18.4 Å². The zero-order valence-electron chi connectivity index (χ0n) is 14.3. The monoisotopic (exact) mass is 364 g/mol. The summed E-state index contributed by atoms with van der Waals surface area (Å²) in [4.78, 5) is 24.3. The lowest BCUT2D eigenvalue weighted by atomic mass is 10.1. The van der Waals surface area contributed by atoms with Crippen LogP contribution in [0.1, 0.15) is 28.5 Å². The van der Waals surface area contributed by atoms with E-state index in [4.69, 9.17) is 4.42 Å². The molecule has 2 aromatic carbocycles. The molecule has 1 aromatic heterocycles. The Kier molecular flexibility index (Phi) is 4.46. The second-order valence-corrected chi connectivity index (χ2v) is 6.50. The minimum absolute atomic E-state index is 0.0586. The molecule has 2 amide bonds. The Morgan fingerprint density at radius 2 is 1.59 bits per heavy atom. The van der Waals surface area contributed by atoms with Crippen molar-refractivity contribution < 1.29 is 18.4 Å². The summed E-state index contributed by atoms with van der Waals surface area (Å²) in [6.07, 6.45) is 2.19. The average molecular weight is 364 g/mol. The number of carbonyl (C=O) groups excluding carboxylic acids is 2. The fourth-order valence-corrected chi connectivity index (χ4v) is 3.04. The highest BCUT2D eigenvalue weighted by Gasteiger charge is 2.43. The third-order valence-electron chi connectivity index (χ3n) is 4.58. The first kappa shape index (κ1) is 17.0. The predicted octanol–water partition coefficient (Wildman–Crippen LogP) is 4.41. The normalized spacial score (nSPS) is 18.0. The van der Waals surface area contributed by atoms with Gasteiger partial charge in [0, 0.05) is 17.3 Å². The number of rotatable bonds is 5. The number of hydrogen-bond acceptors (Lipinski definition) is 3. The highest BCUT2D eigenvalue weighted by molar-refractivity contribution is 6.02. The third-order valence-corrected chi connectivity index (χ3v) is 4.58. The van der Waals surface area contributed by atoms with Crippen molar-refractivity contribution in [2.75, 3.05) is 10.6 Å². The Labute approximate surface area is 155 Å². The van der Waals surface area contributed by atoms with Crippen LogP contribution in [0.15, 0.2) is 71.3 Å². The van der Waals surface area contributed by atoms with Crippen LogP contribution in [0.25, 0.3) is 0 Å². The summed E-state index contributed by atoms with van der Waals surface area (Å²) < 4.78 is 18.0. The van der Waals surface area contributed by atoms with Crippen molar-refractivity contribution >= 4 is 23.2 Å². The zero-order valence-corrected chi connectivity index (χ0v) is 14.3. The minimum atomic E-state index is -0.336. The maximum atomic E-state index is 13.0. The van der Waals surface area contributed by atoms with E-state index in [2.05, 4.69) is 10.6 Å². The quantitative estimate of drug-likeness (QED) is 0.704. The van der Waals surface area contributed by atoms with Crippen LogP contribution in [-0.4, -0.2) is 11.8 Å². The Bertz CT molecular complexity index is 950. The summed E-state index contributed by atoms with van der Waals surface area (Å²) in [6.45, 7) is 0. The summed E-state index contributed by atoms with van der Waals surface area (Å²) in [5, 5.41) is 5.60. The van der Waals surface area contributed by atoms with Gasteiger partial charge in [-0.2, -0.15) is 0 Å². The van der Waals surface area contributed by atoms with Crippen LogP contribution in [0.4, 0.5) is 15.8 Å². The molecule has 2 N–H and O–H groups in total. The van der Waals surface area contributed by atoms with Crippen molar-refractivity contribution in [3.05, 3.63) is 84.1 Å². The highest BCUT2D eigenvalue weighted by atomic mass is 19.1. The number of amides is 2. The maximum absolute atomic E-state index is 13.0. The Hall–Kier alpha value is -3.41. The van der Waals surface area contributed by atoms with Gasteiger partial charge in [0.2, 0.25) is 5.91 Å². The van der Waals surface area contributed by atoms with Gasteiger partial charge in [0.05, 0.1) is 6.26 Å². The van der Waals surface area contributed by atoms with Gasteiger partial charge in [-0.05, 0) is 66.4 Å². The molecule has 1 saturated carbocycles. The topological polar surface area (TPSA) is 71.3 Å². The summed E-state index contributed by atoms with van der Waals surface area (Å²) in [5.74, 6) is -0.410. The van der Waals surface area contributed by atoms with Crippen LogP contribution >= 0.6 is 0 Å². The van der Waals surface area contributed by atoms with Gasteiger partial charge >= 0.3 is 0 Å². The van der Waals surface area contributed by atoms with Gasteiger partial charge < -0.3 is 15.1 Å². The first-order chi connectivity index (χ1) is 13.1. The van der Waals surface area contributed by atoms with Crippen molar-refractivity contribution in [2.45, 2.75) is 12.3 Å². The lowest BCUT2D eigenvalue weighted by molar-refractivity contribution is -0.117. The lowest BCUT2D eigenvalue weighted by Gasteiger charge is -2.07. The Morgan fingerprint density at radius 3 is 2.22 bits per heavy atom. The first-order valence-electron chi connectivity index (χ1n) is 8.61. The molecule has 1 aliphatic rings. The van der Waals surface area contributed by atoms with Crippen LogP contribution in [0.2, 0.25) is 0 Å². The van der Waals surface area contributed by atoms with Gasteiger partial charge in [-0.15, -0.1) is 0 Å². The fourth-order valence-electron chi connectivity index (χ4n) is 3.04. The van der Waals surface area contributed by atoms with E-state index in [9.17, 15) is 14.0 Å². The molecule has 136 valence electrons. The molecule has 0 saturated heterocycles. The maximum Gasteiger partial charge on any atom is 0.291 e. The van der Waals surface area contributed by atoms with Gasteiger partial charge in [-0.3, -0.25) is 9.59 Å². The number of furan rings is 1. The molecule has 6 heteroatoms. The number of nitrogens with one attached hydrogen (secondary N) is 2. The van der Waals surface area contributed by atoms with Crippen LogP contribution in [-0.2, 0) is 4.79 Å². The minimum Gasteiger partial charge on any atom is -0.459 e. The lowest BCUT2D eigenvalue weighted by Crippen LogP contribution is -2.15. The fraction of sp³-hybridized carbons (Fsp3) is 0.143. The summed E-state index contributed by atoms with van der Waals surface area (Å²) in [6, 6.07) is 16.4. The molecule has 3 aromatic rings. The number of hydrogen-bond donors (Lipinski definition) is 2. The molecule has 0 radical (unpaired) electrons. The van der Waals surface area contributed by atoms with Gasteiger partial charge in [0.25, 0.3) is 5.91 Å². The number of anilines is 2. The van der Waals surface area contributed by atoms with Crippen LogP contribution in [0.3, 0.4) is 0 Å². The standard InChI is InChI=1S/C21H17FN2O3/c22-14-5-3-13(4-6-14)17-12-18(17)20(25)23-15-7-9-16(10-8-15)24-21(26)19-2-1-11-27-19/h1-11,17-18H,12H2,(H,23,25)(H,24,26)/t17-,18-/m0/s1. The zero-order chi connectivity index (χ0) is 18.8. The second-order valence-electron chi connectivity index (χ2n) is 6.50. The molecule has 0 bridgehead atoms. The Morgan fingerprint density at radius 1 is 0.926 bits per heavy atom. The molecular weight excluding hydrogens is 347 g/mol. The van der Waals surface area contributed by atoms with E-state index < -0.39 is 0 Å². The van der Waals surface area contributed by atoms with Gasteiger partial charge in [0.1, 0.15) is 5.82 Å². The van der Waals surface area contributed by atoms with Crippen LogP contribution < -0.4 is 10.6 Å². The molecule has 0 aliphatic heterocycles. The molecule has 1 aliphatic carbocycles. The van der Waals surface area contributed by atoms with E-state index in [0.29, 0.717) is 11.4 Å². The van der Waals surface area contributed by atoms with Crippen molar-refractivity contribution in [1.29, 1.82) is 0 Å². The molecule has 0 unspecified atom stereocenters. The van der Waals surface area contributed by atoms with Gasteiger partial charge in [-0.25, -0.2) is 4.39 Å². The van der Waals surface area contributed by atoms with E-state index in [0.717, 1.165) is 12.0 Å². The van der Waals surface area contributed by atoms with Crippen molar-refractivity contribution in [3.8, 4) is 0 Å². The average Bonchev–Trinajstić information content (AvgIpc) is 3.28. The summed E-state index contributed by atoms with van der Waals surface area (Å²) >= 11 is 0. The van der Waals surface area contributed by atoms with Crippen LogP contribution in [0.5, 0.6) is 0 Å². The first-order valence-corrected chi connectivity index (χ1v) is 8.61. The SMILES string of the molecule is O=C(Nc1ccc(NC(=O)[C@H]2C[C@H]2c2ccc(F)cc2)cc1)c1ccco1. The smallest absolute Gasteiger partial charge is 0.291 e. The molecular formula is C21H17FN2O3. The molecule has 5 nitrogen and oxygen atoms in total. The van der Waals surface area contributed by atoms with Crippen molar-refractivity contribution in [2.24, 2.45) is 5.92 Å². The largest absolute Gasteiger partial charge is 0.459 e.